The summed E-state index contributed by atoms with van der Waals surface area (Å²) in [5, 5.41) is 0. The zero-order valence-corrected chi connectivity index (χ0v) is 9.67. The first-order valence-electron chi connectivity index (χ1n) is 4.39. The van der Waals surface area contributed by atoms with E-state index in [4.69, 9.17) is 0 Å². The third-order valence-electron chi connectivity index (χ3n) is 1.86. The Morgan fingerprint density at radius 1 is 1.50 bits per heavy atom. The minimum absolute atomic E-state index is 0.182. The molecule has 14 heavy (non-hydrogen) atoms. The van der Waals surface area contributed by atoms with Gasteiger partial charge in [-0.1, -0.05) is 12.6 Å². The highest BCUT2D eigenvalue weighted by Gasteiger charge is 2.02. The first-order valence-corrected chi connectivity index (χ1v) is 5.19. The molecular formula is C11H12BrNO. The Morgan fingerprint density at radius 3 is 2.79 bits per heavy atom. The van der Waals surface area contributed by atoms with Crippen LogP contribution in [-0.4, -0.2) is 10.8 Å². The number of pyridine rings is 1. The fraction of sp³-hybridized carbons (Fsp3) is 0.273. The van der Waals surface area contributed by atoms with Gasteiger partial charge in [0.2, 0.25) is 0 Å². The van der Waals surface area contributed by atoms with Crippen LogP contribution < -0.4 is 0 Å². The van der Waals surface area contributed by atoms with E-state index in [0.717, 1.165) is 15.9 Å². The lowest BCUT2D eigenvalue weighted by molar-refractivity contribution is -0.116. The molecule has 0 atom stereocenters. The molecule has 0 aromatic carbocycles. The van der Waals surface area contributed by atoms with Crippen molar-refractivity contribution in [3.63, 3.8) is 0 Å². The number of carbonyl (C=O) groups is 1. The first kappa shape index (κ1) is 11.1. The second-order valence-corrected chi connectivity index (χ2v) is 3.96. The number of ketones is 1. The lowest BCUT2D eigenvalue weighted by atomic mass is 10.1. The van der Waals surface area contributed by atoms with Crippen LogP contribution in [0.2, 0.25) is 0 Å². The molecule has 0 radical (unpaired) electrons. The molecule has 0 fully saturated rings. The van der Waals surface area contributed by atoms with E-state index >= 15 is 0 Å². The molecule has 0 N–H and O–H groups in total. The van der Waals surface area contributed by atoms with Crippen molar-refractivity contribution in [1.82, 2.24) is 4.98 Å². The van der Waals surface area contributed by atoms with Crippen LogP contribution in [-0.2, 0) is 4.79 Å². The van der Waals surface area contributed by atoms with Crippen LogP contribution in [0.5, 0.6) is 0 Å². The van der Waals surface area contributed by atoms with Crippen molar-refractivity contribution in [3.8, 4) is 0 Å². The molecule has 0 aliphatic carbocycles. The number of rotatable bonds is 4. The van der Waals surface area contributed by atoms with E-state index < -0.39 is 0 Å². The van der Waals surface area contributed by atoms with E-state index in [2.05, 4.69) is 27.5 Å². The molecule has 2 nitrogen and oxygen atoms in total. The normalized spacial score (nSPS) is 9.86. The number of hydrogen-bond acceptors (Lipinski definition) is 2. The van der Waals surface area contributed by atoms with Crippen molar-refractivity contribution in [3.05, 3.63) is 35.1 Å². The van der Waals surface area contributed by atoms with Gasteiger partial charge in [-0.2, -0.15) is 0 Å². The number of nitrogens with zero attached hydrogens (tertiary/aromatic N) is 1. The van der Waals surface area contributed by atoms with Gasteiger partial charge in [0.15, 0.2) is 0 Å². The number of halogens is 1. The maximum absolute atomic E-state index is 10.8. The molecule has 0 unspecified atom stereocenters. The maximum atomic E-state index is 10.8. The Labute approximate surface area is 92.2 Å². The van der Waals surface area contributed by atoms with E-state index in [9.17, 15) is 4.79 Å². The smallest absolute Gasteiger partial charge is 0.130 e. The van der Waals surface area contributed by atoms with Gasteiger partial charge in [0, 0.05) is 6.42 Å². The Morgan fingerprint density at radius 2 is 2.21 bits per heavy atom. The van der Waals surface area contributed by atoms with Gasteiger partial charge in [0.1, 0.15) is 10.4 Å². The van der Waals surface area contributed by atoms with Crippen molar-refractivity contribution in [2.45, 2.75) is 19.8 Å². The number of allylic oxidation sites excluding steroid dienone is 1. The largest absolute Gasteiger partial charge is 0.300 e. The topological polar surface area (TPSA) is 30.0 Å². The second kappa shape index (κ2) is 5.05. The molecule has 0 saturated carbocycles. The Hall–Kier alpha value is -0.960. The highest BCUT2D eigenvalue weighted by atomic mass is 79.9. The van der Waals surface area contributed by atoms with Gasteiger partial charge in [0.25, 0.3) is 0 Å². The monoisotopic (exact) mass is 253 g/mol. The molecule has 1 rings (SSSR count). The molecule has 3 heteroatoms. The number of carbonyl (C=O) groups excluding carboxylic acids is 1. The molecule has 0 amide bonds. The minimum atomic E-state index is 0.182. The van der Waals surface area contributed by atoms with Gasteiger partial charge in [-0.25, -0.2) is 4.98 Å². The number of hydrogen-bond donors (Lipinski definition) is 0. The molecule has 0 saturated heterocycles. The quantitative estimate of drug-likeness (QED) is 0.772. The van der Waals surface area contributed by atoms with E-state index in [1.807, 2.05) is 18.2 Å². The van der Waals surface area contributed by atoms with Gasteiger partial charge < -0.3 is 4.79 Å². The van der Waals surface area contributed by atoms with E-state index in [0.29, 0.717) is 12.8 Å². The van der Waals surface area contributed by atoms with E-state index in [1.54, 1.807) is 6.92 Å². The summed E-state index contributed by atoms with van der Waals surface area (Å²) in [6.07, 6.45) is 1.21. The van der Waals surface area contributed by atoms with Gasteiger partial charge in [-0.3, -0.25) is 0 Å². The van der Waals surface area contributed by atoms with Crippen molar-refractivity contribution >= 4 is 27.3 Å². The van der Waals surface area contributed by atoms with Crippen molar-refractivity contribution in [1.29, 1.82) is 0 Å². The van der Waals surface area contributed by atoms with Gasteiger partial charge in [0.05, 0.1) is 5.69 Å². The van der Waals surface area contributed by atoms with Gasteiger partial charge in [-0.15, -0.1) is 0 Å². The van der Waals surface area contributed by atoms with Gasteiger partial charge in [-0.05, 0) is 47.0 Å². The van der Waals surface area contributed by atoms with Crippen LogP contribution in [0.15, 0.2) is 29.4 Å². The summed E-state index contributed by atoms with van der Waals surface area (Å²) in [7, 11) is 0. The SMILES string of the molecule is C=C(CCC(C)=O)c1cccc(Br)n1. The standard InChI is InChI=1S/C11H12BrNO/c1-8(6-7-9(2)14)10-4-3-5-11(12)13-10/h3-5H,1,6-7H2,2H3. The van der Waals surface area contributed by atoms with E-state index in [1.165, 1.54) is 0 Å². The molecular weight excluding hydrogens is 242 g/mol. The average Bonchev–Trinajstić information content (AvgIpc) is 2.14. The third kappa shape index (κ3) is 3.42. The molecule has 1 aromatic heterocycles. The highest BCUT2D eigenvalue weighted by molar-refractivity contribution is 9.10. The van der Waals surface area contributed by atoms with Gasteiger partial charge >= 0.3 is 0 Å². The molecule has 0 spiro atoms. The minimum Gasteiger partial charge on any atom is -0.300 e. The number of aromatic nitrogens is 1. The van der Waals surface area contributed by atoms with Crippen molar-refractivity contribution in [2.75, 3.05) is 0 Å². The first-order chi connectivity index (χ1) is 6.59. The van der Waals surface area contributed by atoms with Crippen LogP contribution >= 0.6 is 15.9 Å². The lowest BCUT2D eigenvalue weighted by Gasteiger charge is -2.03. The Kier molecular flexibility index (Phi) is 4.01. The zero-order valence-electron chi connectivity index (χ0n) is 8.09. The summed E-state index contributed by atoms with van der Waals surface area (Å²) in [6.45, 7) is 5.49. The summed E-state index contributed by atoms with van der Waals surface area (Å²) in [4.78, 5) is 15.0. The average molecular weight is 254 g/mol. The van der Waals surface area contributed by atoms with Crippen LogP contribution in [0.3, 0.4) is 0 Å². The Balaban J connectivity index is 2.65. The predicted octanol–water partition coefficient (Wildman–Crippen LogP) is 3.23. The fourth-order valence-corrected chi connectivity index (χ4v) is 1.40. The van der Waals surface area contributed by atoms with Crippen LogP contribution in [0.25, 0.3) is 5.57 Å². The van der Waals surface area contributed by atoms with Crippen LogP contribution in [0.1, 0.15) is 25.5 Å². The molecule has 1 heterocycles. The summed E-state index contributed by atoms with van der Waals surface area (Å²) in [6, 6.07) is 5.67. The summed E-state index contributed by atoms with van der Waals surface area (Å²) in [5.74, 6) is 0.182. The molecule has 0 aliphatic heterocycles. The molecule has 0 aliphatic rings. The van der Waals surface area contributed by atoms with Crippen LogP contribution in [0.4, 0.5) is 0 Å². The van der Waals surface area contributed by atoms with Crippen molar-refractivity contribution < 1.29 is 4.79 Å². The second-order valence-electron chi connectivity index (χ2n) is 3.15. The maximum Gasteiger partial charge on any atom is 0.130 e. The summed E-state index contributed by atoms with van der Waals surface area (Å²) < 4.78 is 0.791. The predicted molar refractivity (Wildman–Crippen MR) is 60.9 cm³/mol. The fourth-order valence-electron chi connectivity index (χ4n) is 1.06. The number of Topliss-reactive ketones (excluding diaryl/α,β-unsaturated/α-hetero) is 1. The zero-order chi connectivity index (χ0) is 10.6. The lowest BCUT2D eigenvalue weighted by Crippen LogP contribution is -1.93. The Bertz CT molecular complexity index is 360. The summed E-state index contributed by atoms with van der Waals surface area (Å²) in [5.41, 5.74) is 1.75. The van der Waals surface area contributed by atoms with E-state index in [-0.39, 0.29) is 5.78 Å². The highest BCUT2D eigenvalue weighted by Crippen LogP contribution is 2.17. The summed E-state index contributed by atoms with van der Waals surface area (Å²) >= 11 is 3.29. The molecule has 0 bridgehead atoms. The van der Waals surface area contributed by atoms with Crippen LogP contribution in [0, 0.1) is 0 Å². The molecule has 74 valence electrons. The molecule has 1 aromatic rings. The third-order valence-corrected chi connectivity index (χ3v) is 2.30. The van der Waals surface area contributed by atoms with Crippen molar-refractivity contribution in [2.24, 2.45) is 0 Å².